The molecule has 232 valence electrons. The van der Waals surface area contributed by atoms with Gasteiger partial charge in [0.1, 0.15) is 11.9 Å². The molecule has 3 aromatic rings. The van der Waals surface area contributed by atoms with E-state index in [1.165, 1.54) is 12.1 Å². The Bertz CT molecular complexity index is 1370. The molecule has 1 saturated heterocycles. The zero-order valence-electron chi connectivity index (χ0n) is 23.9. The van der Waals surface area contributed by atoms with Crippen LogP contribution in [0.25, 0.3) is 0 Å². The number of hydrogen-bond acceptors (Lipinski definition) is 6. The van der Waals surface area contributed by atoms with Crippen LogP contribution in [0, 0.1) is 5.92 Å². The summed E-state index contributed by atoms with van der Waals surface area (Å²) in [5.41, 5.74) is 1.60. The third-order valence-electron chi connectivity index (χ3n) is 7.26. The summed E-state index contributed by atoms with van der Waals surface area (Å²) in [6, 6.07) is 23.5. The van der Waals surface area contributed by atoms with Gasteiger partial charge < -0.3 is 19.9 Å². The molecular weight excluding hydrogens is 595 g/mol. The van der Waals surface area contributed by atoms with Crippen LogP contribution < -0.4 is 10.1 Å². The van der Waals surface area contributed by atoms with E-state index in [4.69, 9.17) is 21.1 Å². The highest BCUT2D eigenvalue weighted by Crippen LogP contribution is 2.21. The van der Waals surface area contributed by atoms with Crippen LogP contribution in [-0.2, 0) is 32.4 Å². The Morgan fingerprint density at radius 1 is 1.02 bits per heavy atom. The lowest BCUT2D eigenvalue weighted by atomic mass is 10.00. The van der Waals surface area contributed by atoms with E-state index in [9.17, 15) is 22.7 Å². The van der Waals surface area contributed by atoms with Crippen molar-refractivity contribution in [1.29, 1.82) is 0 Å². The Labute approximate surface area is 257 Å². The molecule has 1 heterocycles. The highest BCUT2D eigenvalue weighted by atomic mass is 35.5. The van der Waals surface area contributed by atoms with Crippen molar-refractivity contribution in [2.45, 2.75) is 42.4 Å². The summed E-state index contributed by atoms with van der Waals surface area (Å²) in [5, 5.41) is 14.3. The van der Waals surface area contributed by atoms with Crippen molar-refractivity contribution in [3.63, 3.8) is 0 Å². The van der Waals surface area contributed by atoms with E-state index in [0.717, 1.165) is 21.9 Å². The molecule has 0 radical (unpaired) electrons. The average Bonchev–Trinajstić information content (AvgIpc) is 3.54. The minimum atomic E-state index is -4.09. The lowest BCUT2D eigenvalue weighted by molar-refractivity contribution is -0.122. The number of amides is 1. The van der Waals surface area contributed by atoms with Crippen LogP contribution in [0.3, 0.4) is 0 Å². The van der Waals surface area contributed by atoms with Crippen molar-refractivity contribution < 1.29 is 32.2 Å². The van der Waals surface area contributed by atoms with Crippen molar-refractivity contribution >= 4 is 27.5 Å². The molecule has 0 aromatic heterocycles. The molecule has 3 aromatic carbocycles. The highest BCUT2D eigenvalue weighted by Gasteiger charge is 2.32. The Morgan fingerprint density at radius 3 is 2.30 bits per heavy atom. The Morgan fingerprint density at radius 2 is 1.70 bits per heavy atom. The number of rotatable bonds is 16. The summed E-state index contributed by atoms with van der Waals surface area (Å²) in [4.78, 5) is 13.2. The summed E-state index contributed by atoms with van der Waals surface area (Å²) in [7, 11) is -4.09. The van der Waals surface area contributed by atoms with Gasteiger partial charge in [-0.2, -0.15) is 4.31 Å². The van der Waals surface area contributed by atoms with E-state index in [1.54, 1.807) is 18.2 Å². The van der Waals surface area contributed by atoms with Crippen molar-refractivity contribution in [2.24, 2.45) is 5.92 Å². The van der Waals surface area contributed by atoms with Gasteiger partial charge in [-0.05, 0) is 41.8 Å². The van der Waals surface area contributed by atoms with Crippen molar-refractivity contribution in [3.05, 3.63) is 96.1 Å². The van der Waals surface area contributed by atoms with Gasteiger partial charge in [0.2, 0.25) is 15.9 Å². The molecule has 1 fully saturated rings. The number of carbonyl (C=O) groups excluding carboxylic acids is 1. The second-order valence-corrected chi connectivity index (χ2v) is 12.9. The fourth-order valence-electron chi connectivity index (χ4n) is 4.85. The maximum absolute atomic E-state index is 13.7. The Hall–Kier alpha value is -3.02. The van der Waals surface area contributed by atoms with Gasteiger partial charge in [0.25, 0.3) is 0 Å². The predicted molar refractivity (Wildman–Crippen MR) is 163 cm³/mol. The molecule has 2 N–H and O–H groups in total. The molecule has 0 saturated carbocycles. The third-order valence-corrected chi connectivity index (χ3v) is 9.54. The first-order valence-electron chi connectivity index (χ1n) is 14.3. The summed E-state index contributed by atoms with van der Waals surface area (Å²) in [6.45, 7) is -0.165. The molecule has 43 heavy (non-hydrogen) atoms. The second-order valence-electron chi connectivity index (χ2n) is 10.7. The number of ether oxygens (including phenoxy) is 2. The zero-order chi connectivity index (χ0) is 30.7. The van der Waals surface area contributed by atoms with Gasteiger partial charge >= 0.3 is 0 Å². The normalized spacial score (nSPS) is 17.3. The first-order valence-corrected chi connectivity index (χ1v) is 16.3. The molecular formula is C32H38ClFN2O6S. The van der Waals surface area contributed by atoms with Gasteiger partial charge in [-0.1, -0.05) is 60.7 Å². The van der Waals surface area contributed by atoms with Gasteiger partial charge in [0.05, 0.1) is 43.4 Å². The average molecular weight is 633 g/mol. The van der Waals surface area contributed by atoms with E-state index in [1.807, 2.05) is 54.6 Å². The molecule has 1 aliphatic rings. The number of aliphatic hydroxyl groups is 1. The Balaban J connectivity index is 1.49. The molecule has 0 aliphatic carbocycles. The van der Waals surface area contributed by atoms with Gasteiger partial charge in [-0.25, -0.2) is 8.42 Å². The molecule has 1 unspecified atom stereocenters. The molecule has 4 rings (SSSR count). The molecule has 0 spiro atoms. The van der Waals surface area contributed by atoms with Crippen LogP contribution >= 0.6 is 11.6 Å². The number of sulfonamides is 1. The van der Waals surface area contributed by atoms with E-state index in [2.05, 4.69) is 5.32 Å². The maximum Gasteiger partial charge on any atom is 0.243 e. The van der Waals surface area contributed by atoms with Crippen molar-refractivity contribution in [3.8, 4) is 5.75 Å². The first kappa shape index (κ1) is 32.9. The SMILES string of the molecule is O=C(Cc1ccc(O[C@H]2CCOC2)cc1)N[C@@H](Cc1ccccc1)[C@H](O)CN(CC(CF)CCl)S(=O)(=O)c1ccccc1. The van der Waals surface area contributed by atoms with E-state index in [-0.39, 0.29) is 48.7 Å². The van der Waals surface area contributed by atoms with Gasteiger partial charge in [-0.3, -0.25) is 9.18 Å². The molecule has 11 heteroatoms. The monoisotopic (exact) mass is 632 g/mol. The number of halogens is 2. The summed E-state index contributed by atoms with van der Waals surface area (Å²) < 4.78 is 53.1. The predicted octanol–water partition coefficient (Wildman–Crippen LogP) is 4.00. The number of carbonyl (C=O) groups is 1. The smallest absolute Gasteiger partial charge is 0.243 e. The van der Waals surface area contributed by atoms with Crippen LogP contribution in [0.1, 0.15) is 17.5 Å². The number of alkyl halides is 2. The number of nitrogens with one attached hydrogen (secondary N) is 1. The van der Waals surface area contributed by atoms with Gasteiger partial charge in [0.15, 0.2) is 0 Å². The summed E-state index contributed by atoms with van der Waals surface area (Å²) >= 11 is 5.92. The Kier molecular flexibility index (Phi) is 12.4. The van der Waals surface area contributed by atoms with Crippen LogP contribution in [0.5, 0.6) is 5.75 Å². The van der Waals surface area contributed by atoms with E-state index in [0.29, 0.717) is 19.0 Å². The number of benzene rings is 3. The second kappa shape index (κ2) is 16.2. The maximum atomic E-state index is 13.7. The number of hydrogen-bond donors (Lipinski definition) is 2. The quantitative estimate of drug-likeness (QED) is 0.231. The highest BCUT2D eigenvalue weighted by molar-refractivity contribution is 7.89. The van der Waals surface area contributed by atoms with Crippen LogP contribution in [0.15, 0.2) is 89.8 Å². The first-order chi connectivity index (χ1) is 20.8. The van der Waals surface area contributed by atoms with Crippen LogP contribution in [-0.4, -0.2) is 80.8 Å². The van der Waals surface area contributed by atoms with Gasteiger partial charge in [-0.15, -0.1) is 11.6 Å². The van der Waals surface area contributed by atoms with Crippen LogP contribution in [0.2, 0.25) is 0 Å². The van der Waals surface area contributed by atoms with Crippen LogP contribution in [0.4, 0.5) is 4.39 Å². The minimum Gasteiger partial charge on any atom is -0.488 e. The molecule has 1 amide bonds. The molecule has 0 bridgehead atoms. The fourth-order valence-corrected chi connectivity index (χ4v) is 6.59. The van der Waals surface area contributed by atoms with E-state index < -0.39 is 34.8 Å². The lowest BCUT2D eigenvalue weighted by Crippen LogP contribution is -2.51. The van der Waals surface area contributed by atoms with Crippen molar-refractivity contribution in [1.82, 2.24) is 9.62 Å². The standard InChI is InChI=1S/C32H38ClFN2O6S/c33-19-26(20-34)21-36(43(39,40)29-9-5-2-6-10-29)22-31(37)30(17-24-7-3-1-4-8-24)35-32(38)18-25-11-13-27(14-12-25)42-28-15-16-41-23-28/h1-14,26,28,30-31,37H,15-23H2,(H,35,38)/t26?,28-,30-,31+/m0/s1. The number of aliphatic hydroxyl groups excluding tert-OH is 1. The topological polar surface area (TPSA) is 105 Å². The fraction of sp³-hybridized carbons (Fsp3) is 0.406. The zero-order valence-corrected chi connectivity index (χ0v) is 25.4. The van der Waals surface area contributed by atoms with Gasteiger partial charge in [0, 0.05) is 31.3 Å². The van der Waals surface area contributed by atoms with E-state index >= 15 is 0 Å². The largest absolute Gasteiger partial charge is 0.488 e. The molecule has 1 aliphatic heterocycles. The summed E-state index contributed by atoms with van der Waals surface area (Å²) in [5.74, 6) is -0.490. The molecule has 8 nitrogen and oxygen atoms in total. The molecule has 4 atom stereocenters. The third kappa shape index (κ3) is 9.74. The lowest BCUT2D eigenvalue weighted by Gasteiger charge is -2.31. The number of nitrogens with zero attached hydrogens (tertiary/aromatic N) is 1. The summed E-state index contributed by atoms with van der Waals surface area (Å²) in [6.07, 6.45) is -0.148. The minimum absolute atomic E-state index is 0.0178. The van der Waals surface area contributed by atoms with Crippen molar-refractivity contribution in [2.75, 3.05) is 38.9 Å².